The Morgan fingerprint density at radius 1 is 1.33 bits per heavy atom. The van der Waals surface area contributed by atoms with Crippen LogP contribution in [0.1, 0.15) is 30.6 Å². The highest BCUT2D eigenvalue weighted by molar-refractivity contribution is 7.89. The molecule has 0 radical (unpaired) electrons. The van der Waals surface area contributed by atoms with Crippen molar-refractivity contribution in [2.24, 2.45) is 5.92 Å². The third-order valence-electron chi connectivity index (χ3n) is 3.21. The van der Waals surface area contributed by atoms with Crippen LogP contribution in [-0.4, -0.2) is 37.4 Å². The topological polar surface area (TPSA) is 74.7 Å². The summed E-state index contributed by atoms with van der Waals surface area (Å²) in [4.78, 5) is 10.8. The van der Waals surface area contributed by atoms with Crippen molar-refractivity contribution < 1.29 is 18.3 Å². The number of rotatable bonds is 6. The van der Waals surface area contributed by atoms with Gasteiger partial charge in [-0.2, -0.15) is 0 Å². The molecule has 21 heavy (non-hydrogen) atoms. The fourth-order valence-corrected chi connectivity index (χ4v) is 3.84. The maximum Gasteiger partial charge on any atom is 0.337 e. The van der Waals surface area contributed by atoms with Gasteiger partial charge in [0, 0.05) is 13.6 Å². The number of aromatic carboxylic acids is 1. The summed E-state index contributed by atoms with van der Waals surface area (Å²) in [6, 6.07) is 2.13. The fraction of sp³-hybridized carbons (Fsp3) is 0.462. The first-order chi connectivity index (χ1) is 9.61. The number of sulfonamides is 1. The van der Waals surface area contributed by atoms with Gasteiger partial charge in [0.25, 0.3) is 0 Å². The molecule has 0 saturated carbocycles. The van der Waals surface area contributed by atoms with Crippen LogP contribution in [0.25, 0.3) is 0 Å². The van der Waals surface area contributed by atoms with Crippen LogP contribution in [0.2, 0.25) is 10.0 Å². The SMILES string of the molecule is CCC(C)CN(C)S(=O)(=O)c1cc(C(=O)O)c(Cl)cc1Cl. The van der Waals surface area contributed by atoms with Crippen LogP contribution in [0.3, 0.4) is 0 Å². The summed E-state index contributed by atoms with van der Waals surface area (Å²) < 4.78 is 26.2. The minimum absolute atomic E-state index is 0.0963. The lowest BCUT2D eigenvalue weighted by molar-refractivity contribution is 0.0697. The summed E-state index contributed by atoms with van der Waals surface area (Å²) in [7, 11) is -2.43. The molecule has 0 aliphatic heterocycles. The molecule has 1 unspecified atom stereocenters. The lowest BCUT2D eigenvalue weighted by Gasteiger charge is -2.21. The Kier molecular flexibility index (Phi) is 6.04. The van der Waals surface area contributed by atoms with E-state index in [4.69, 9.17) is 28.3 Å². The number of nitrogens with zero attached hydrogens (tertiary/aromatic N) is 1. The van der Waals surface area contributed by atoms with Crippen LogP contribution in [0, 0.1) is 5.92 Å². The van der Waals surface area contributed by atoms with Gasteiger partial charge in [0.2, 0.25) is 10.0 Å². The second-order valence-electron chi connectivity index (χ2n) is 4.87. The Hall–Kier alpha value is -0.820. The van der Waals surface area contributed by atoms with Crippen LogP contribution >= 0.6 is 23.2 Å². The molecule has 0 aliphatic carbocycles. The molecule has 1 atom stereocenters. The smallest absolute Gasteiger partial charge is 0.337 e. The molecule has 118 valence electrons. The first-order valence-corrected chi connectivity index (χ1v) is 8.49. The molecule has 0 fully saturated rings. The van der Waals surface area contributed by atoms with E-state index >= 15 is 0 Å². The van der Waals surface area contributed by atoms with Crippen molar-refractivity contribution in [3.8, 4) is 0 Å². The largest absolute Gasteiger partial charge is 0.478 e. The Morgan fingerprint density at radius 2 is 1.90 bits per heavy atom. The lowest BCUT2D eigenvalue weighted by Crippen LogP contribution is -2.31. The third-order valence-corrected chi connectivity index (χ3v) is 5.81. The number of halogens is 2. The van der Waals surface area contributed by atoms with Crippen molar-refractivity contribution in [1.29, 1.82) is 0 Å². The fourth-order valence-electron chi connectivity index (χ4n) is 1.72. The molecule has 0 aliphatic rings. The zero-order valence-corrected chi connectivity index (χ0v) is 14.3. The number of hydrogen-bond acceptors (Lipinski definition) is 3. The average Bonchev–Trinajstić information content (AvgIpc) is 2.37. The van der Waals surface area contributed by atoms with Gasteiger partial charge < -0.3 is 5.11 Å². The van der Waals surface area contributed by atoms with Crippen LogP contribution in [-0.2, 0) is 10.0 Å². The van der Waals surface area contributed by atoms with Gasteiger partial charge in [-0.15, -0.1) is 0 Å². The van der Waals surface area contributed by atoms with Crippen molar-refractivity contribution in [1.82, 2.24) is 4.31 Å². The van der Waals surface area contributed by atoms with Crippen molar-refractivity contribution in [2.75, 3.05) is 13.6 Å². The van der Waals surface area contributed by atoms with Gasteiger partial charge in [-0.3, -0.25) is 0 Å². The van der Waals surface area contributed by atoms with Crippen molar-refractivity contribution >= 4 is 39.2 Å². The highest BCUT2D eigenvalue weighted by atomic mass is 35.5. The van der Waals surface area contributed by atoms with Crippen molar-refractivity contribution in [3.63, 3.8) is 0 Å². The van der Waals surface area contributed by atoms with E-state index in [0.717, 1.165) is 18.6 Å². The van der Waals surface area contributed by atoms with E-state index in [2.05, 4.69) is 0 Å². The number of carbonyl (C=O) groups is 1. The van der Waals surface area contributed by atoms with Gasteiger partial charge in [0.1, 0.15) is 4.90 Å². The first kappa shape index (κ1) is 18.2. The van der Waals surface area contributed by atoms with Crippen molar-refractivity contribution in [3.05, 3.63) is 27.7 Å². The van der Waals surface area contributed by atoms with Gasteiger partial charge in [-0.05, 0) is 18.1 Å². The average molecular weight is 354 g/mol. The van der Waals surface area contributed by atoms with Crippen molar-refractivity contribution in [2.45, 2.75) is 25.2 Å². The Morgan fingerprint density at radius 3 is 2.38 bits per heavy atom. The predicted molar refractivity (Wildman–Crippen MR) is 82.7 cm³/mol. The number of hydrogen-bond donors (Lipinski definition) is 1. The second-order valence-corrected chi connectivity index (χ2v) is 7.69. The first-order valence-electron chi connectivity index (χ1n) is 6.29. The normalized spacial score (nSPS) is 13.4. The maximum atomic E-state index is 12.5. The Labute approximate surface area is 134 Å². The van der Waals surface area contributed by atoms with E-state index in [9.17, 15) is 13.2 Å². The van der Waals surface area contributed by atoms with Gasteiger partial charge in [-0.25, -0.2) is 17.5 Å². The summed E-state index contributed by atoms with van der Waals surface area (Å²) in [5.74, 6) is -1.13. The summed E-state index contributed by atoms with van der Waals surface area (Å²) in [6.07, 6.45) is 0.828. The highest BCUT2D eigenvalue weighted by Gasteiger charge is 2.27. The second kappa shape index (κ2) is 6.96. The van der Waals surface area contributed by atoms with E-state index in [1.54, 1.807) is 0 Å². The van der Waals surface area contributed by atoms with Crippen LogP contribution < -0.4 is 0 Å². The minimum Gasteiger partial charge on any atom is -0.478 e. The maximum absolute atomic E-state index is 12.5. The van der Waals surface area contributed by atoms with Gasteiger partial charge in [-0.1, -0.05) is 43.5 Å². The molecule has 0 saturated heterocycles. The third kappa shape index (κ3) is 4.10. The molecule has 1 rings (SSSR count). The van der Waals surface area contributed by atoms with E-state index in [1.165, 1.54) is 11.4 Å². The molecule has 0 bridgehead atoms. The summed E-state index contributed by atoms with van der Waals surface area (Å²) in [5, 5.41) is 8.84. The summed E-state index contributed by atoms with van der Waals surface area (Å²) in [5.41, 5.74) is -0.295. The molecular weight excluding hydrogens is 337 g/mol. The molecular formula is C13H17Cl2NO4S. The molecule has 0 aromatic heterocycles. The zero-order chi connectivity index (χ0) is 16.4. The molecule has 8 heteroatoms. The van der Waals surface area contributed by atoms with Crippen LogP contribution in [0.4, 0.5) is 0 Å². The molecule has 1 aromatic rings. The van der Waals surface area contributed by atoms with Crippen LogP contribution in [0.5, 0.6) is 0 Å². The number of carboxylic acids is 1. The number of benzene rings is 1. The molecule has 1 aromatic carbocycles. The van der Waals surface area contributed by atoms with E-state index < -0.39 is 16.0 Å². The molecule has 0 amide bonds. The molecule has 1 N–H and O–H groups in total. The molecule has 0 spiro atoms. The van der Waals surface area contributed by atoms with E-state index in [0.29, 0.717) is 6.54 Å². The van der Waals surface area contributed by atoms with Gasteiger partial charge in [0.15, 0.2) is 0 Å². The monoisotopic (exact) mass is 353 g/mol. The molecule has 0 heterocycles. The minimum atomic E-state index is -3.87. The quantitative estimate of drug-likeness (QED) is 0.850. The summed E-state index contributed by atoms with van der Waals surface area (Å²) in [6.45, 7) is 4.21. The zero-order valence-electron chi connectivity index (χ0n) is 11.9. The highest BCUT2D eigenvalue weighted by Crippen LogP contribution is 2.30. The molecule has 5 nitrogen and oxygen atoms in total. The Bertz CT molecular complexity index is 646. The summed E-state index contributed by atoms with van der Waals surface area (Å²) >= 11 is 11.7. The predicted octanol–water partition coefficient (Wildman–Crippen LogP) is 3.36. The number of carboxylic acid groups (broad SMARTS) is 1. The van der Waals surface area contributed by atoms with E-state index in [1.807, 2.05) is 13.8 Å². The Balaban J connectivity index is 3.31. The van der Waals surface area contributed by atoms with Crippen LogP contribution in [0.15, 0.2) is 17.0 Å². The van der Waals surface area contributed by atoms with Gasteiger partial charge in [0.05, 0.1) is 15.6 Å². The van der Waals surface area contributed by atoms with Gasteiger partial charge >= 0.3 is 5.97 Å². The van der Waals surface area contributed by atoms with E-state index in [-0.39, 0.29) is 26.4 Å². The standard InChI is InChI=1S/C13H17Cl2NO4S/c1-4-8(2)7-16(3)21(19,20)12-5-9(13(17)18)10(14)6-11(12)15/h5-6,8H,4,7H2,1-3H3,(H,17,18). The lowest BCUT2D eigenvalue weighted by atomic mass is 10.1.